The maximum atomic E-state index is 11.0. The number of para-hydroxylation sites is 2. The first-order chi connectivity index (χ1) is 12.0. The van der Waals surface area contributed by atoms with Gasteiger partial charge in [-0.25, -0.2) is 0 Å². The van der Waals surface area contributed by atoms with Gasteiger partial charge in [0.2, 0.25) is 0 Å². The van der Waals surface area contributed by atoms with Gasteiger partial charge in [0.05, 0.1) is 4.92 Å². The van der Waals surface area contributed by atoms with Crippen LogP contribution >= 0.6 is 0 Å². The molecule has 132 valence electrons. The van der Waals surface area contributed by atoms with Crippen molar-refractivity contribution in [1.82, 2.24) is 5.32 Å². The molecule has 0 unspecified atom stereocenters. The van der Waals surface area contributed by atoms with Crippen LogP contribution in [0.5, 0.6) is 5.75 Å². The summed E-state index contributed by atoms with van der Waals surface area (Å²) in [5.41, 5.74) is 2.13. The van der Waals surface area contributed by atoms with E-state index >= 15 is 0 Å². The third-order valence-corrected chi connectivity index (χ3v) is 4.06. The fourth-order valence-corrected chi connectivity index (χ4v) is 2.68. The SMILES string of the molecule is CN(C)c1ccc([C@@H]2NC[C@H](COc3ccccc3[N+](=O)[O-])O2)cc1. The predicted octanol–water partition coefficient (Wildman–Crippen LogP) is 2.73. The maximum Gasteiger partial charge on any atom is 0.310 e. The van der Waals surface area contributed by atoms with E-state index in [0.717, 1.165) is 11.3 Å². The van der Waals surface area contributed by atoms with Gasteiger partial charge in [-0.05, 0) is 23.8 Å². The Labute approximate surface area is 146 Å². The molecule has 0 amide bonds. The van der Waals surface area contributed by atoms with Crippen LogP contribution in [-0.4, -0.2) is 38.3 Å². The number of nitrogens with one attached hydrogen (secondary N) is 1. The molecule has 0 bridgehead atoms. The lowest BCUT2D eigenvalue weighted by Crippen LogP contribution is -2.22. The van der Waals surface area contributed by atoms with Crippen molar-refractivity contribution in [3.8, 4) is 5.75 Å². The van der Waals surface area contributed by atoms with Gasteiger partial charge in [-0.3, -0.25) is 15.4 Å². The number of ether oxygens (including phenoxy) is 2. The zero-order chi connectivity index (χ0) is 17.8. The molecule has 2 atom stereocenters. The molecule has 1 fully saturated rings. The molecule has 0 radical (unpaired) electrons. The minimum atomic E-state index is -0.446. The van der Waals surface area contributed by atoms with Crippen LogP contribution in [-0.2, 0) is 4.74 Å². The van der Waals surface area contributed by atoms with Gasteiger partial charge in [-0.1, -0.05) is 24.3 Å². The minimum Gasteiger partial charge on any atom is -0.484 e. The summed E-state index contributed by atoms with van der Waals surface area (Å²) < 4.78 is 11.6. The molecule has 1 heterocycles. The molecular weight excluding hydrogens is 322 g/mol. The Morgan fingerprint density at radius 3 is 2.64 bits per heavy atom. The molecule has 1 aliphatic rings. The Kier molecular flexibility index (Phi) is 5.16. The summed E-state index contributed by atoms with van der Waals surface area (Å²) in [4.78, 5) is 12.6. The van der Waals surface area contributed by atoms with Gasteiger partial charge in [-0.15, -0.1) is 0 Å². The minimum absolute atomic E-state index is 0.0377. The summed E-state index contributed by atoms with van der Waals surface area (Å²) in [5.74, 6) is 0.259. The van der Waals surface area contributed by atoms with E-state index in [1.54, 1.807) is 18.2 Å². The van der Waals surface area contributed by atoms with Crippen LogP contribution < -0.4 is 15.0 Å². The van der Waals surface area contributed by atoms with E-state index in [2.05, 4.69) is 5.32 Å². The van der Waals surface area contributed by atoms with Crippen molar-refractivity contribution >= 4 is 11.4 Å². The smallest absolute Gasteiger partial charge is 0.310 e. The quantitative estimate of drug-likeness (QED) is 0.642. The normalized spacial score (nSPS) is 19.6. The molecule has 7 nitrogen and oxygen atoms in total. The van der Waals surface area contributed by atoms with Crippen molar-refractivity contribution in [2.24, 2.45) is 0 Å². The largest absolute Gasteiger partial charge is 0.484 e. The van der Waals surface area contributed by atoms with Crippen LogP contribution in [0.25, 0.3) is 0 Å². The summed E-state index contributed by atoms with van der Waals surface area (Å²) in [5, 5.41) is 14.3. The Balaban J connectivity index is 1.57. The van der Waals surface area contributed by atoms with Gasteiger partial charge in [0, 0.05) is 32.4 Å². The lowest BCUT2D eigenvalue weighted by Gasteiger charge is -2.16. The Morgan fingerprint density at radius 2 is 1.96 bits per heavy atom. The first-order valence-electron chi connectivity index (χ1n) is 8.07. The van der Waals surface area contributed by atoms with Crippen LogP contribution in [0.15, 0.2) is 48.5 Å². The van der Waals surface area contributed by atoms with Gasteiger partial charge < -0.3 is 14.4 Å². The summed E-state index contributed by atoms with van der Waals surface area (Å²) >= 11 is 0. The first kappa shape index (κ1) is 17.2. The monoisotopic (exact) mass is 343 g/mol. The lowest BCUT2D eigenvalue weighted by atomic mass is 10.2. The van der Waals surface area contributed by atoms with Gasteiger partial charge >= 0.3 is 5.69 Å². The molecule has 0 aliphatic carbocycles. The second-order valence-corrected chi connectivity index (χ2v) is 6.07. The highest BCUT2D eigenvalue weighted by atomic mass is 16.6. The van der Waals surface area contributed by atoms with Crippen LogP contribution in [0, 0.1) is 10.1 Å². The number of anilines is 1. The predicted molar refractivity (Wildman–Crippen MR) is 95.0 cm³/mol. The number of nitro groups is 1. The van der Waals surface area contributed by atoms with Crippen LogP contribution in [0.2, 0.25) is 0 Å². The summed E-state index contributed by atoms with van der Waals surface area (Å²) in [6, 6.07) is 14.5. The average molecular weight is 343 g/mol. The van der Waals surface area contributed by atoms with Gasteiger partial charge in [0.1, 0.15) is 18.9 Å². The molecule has 3 rings (SSSR count). The molecule has 0 spiro atoms. The molecular formula is C18H21N3O4. The zero-order valence-corrected chi connectivity index (χ0v) is 14.2. The van der Waals surface area contributed by atoms with E-state index in [1.165, 1.54) is 6.07 Å². The fourth-order valence-electron chi connectivity index (χ4n) is 2.68. The molecule has 7 heteroatoms. The molecule has 2 aromatic rings. The topological polar surface area (TPSA) is 76.9 Å². The summed E-state index contributed by atoms with van der Waals surface area (Å²) in [7, 11) is 3.99. The Bertz CT molecular complexity index is 733. The second kappa shape index (κ2) is 7.50. The molecule has 1 saturated heterocycles. The van der Waals surface area contributed by atoms with E-state index in [0.29, 0.717) is 6.54 Å². The van der Waals surface area contributed by atoms with Crippen molar-refractivity contribution < 1.29 is 14.4 Å². The fraction of sp³-hybridized carbons (Fsp3) is 0.333. The molecule has 0 saturated carbocycles. The number of benzene rings is 2. The second-order valence-electron chi connectivity index (χ2n) is 6.07. The number of rotatable bonds is 6. The molecule has 1 aliphatic heterocycles. The van der Waals surface area contributed by atoms with Crippen LogP contribution in [0.3, 0.4) is 0 Å². The molecule has 0 aromatic heterocycles. The van der Waals surface area contributed by atoms with Crippen LogP contribution in [0.1, 0.15) is 11.8 Å². The lowest BCUT2D eigenvalue weighted by molar-refractivity contribution is -0.385. The van der Waals surface area contributed by atoms with E-state index in [9.17, 15) is 10.1 Å². The molecule has 1 N–H and O–H groups in total. The van der Waals surface area contributed by atoms with Crippen molar-refractivity contribution in [3.63, 3.8) is 0 Å². The Morgan fingerprint density at radius 1 is 1.24 bits per heavy atom. The zero-order valence-electron chi connectivity index (χ0n) is 14.2. The van der Waals surface area contributed by atoms with Crippen molar-refractivity contribution in [2.45, 2.75) is 12.3 Å². The van der Waals surface area contributed by atoms with Crippen LogP contribution in [0.4, 0.5) is 11.4 Å². The maximum absolute atomic E-state index is 11.0. The summed E-state index contributed by atoms with van der Waals surface area (Å²) in [6.07, 6.45) is -0.367. The van der Waals surface area contributed by atoms with E-state index in [-0.39, 0.29) is 30.4 Å². The van der Waals surface area contributed by atoms with Gasteiger partial charge in [-0.2, -0.15) is 0 Å². The van der Waals surface area contributed by atoms with Gasteiger partial charge in [0.25, 0.3) is 0 Å². The highest BCUT2D eigenvalue weighted by Crippen LogP contribution is 2.28. The van der Waals surface area contributed by atoms with Gasteiger partial charge in [0.15, 0.2) is 5.75 Å². The van der Waals surface area contributed by atoms with E-state index < -0.39 is 4.92 Å². The average Bonchev–Trinajstić information content (AvgIpc) is 3.09. The van der Waals surface area contributed by atoms with Crippen molar-refractivity contribution in [3.05, 3.63) is 64.2 Å². The first-order valence-corrected chi connectivity index (χ1v) is 8.07. The van der Waals surface area contributed by atoms with Crippen molar-refractivity contribution in [2.75, 3.05) is 32.1 Å². The Hall–Kier alpha value is -2.64. The van der Waals surface area contributed by atoms with E-state index in [1.807, 2.05) is 43.3 Å². The number of nitro benzene ring substituents is 1. The standard InChI is InChI=1S/C18H21N3O4/c1-20(2)14-9-7-13(8-10-14)18-19-11-15(25-18)12-24-17-6-4-3-5-16(17)21(22)23/h3-10,15,18-19H,11-12H2,1-2H3/t15-,18-/m1/s1. The van der Waals surface area contributed by atoms with Crippen molar-refractivity contribution in [1.29, 1.82) is 0 Å². The number of hydrogen-bond donors (Lipinski definition) is 1. The van der Waals surface area contributed by atoms with E-state index in [4.69, 9.17) is 9.47 Å². The molecule has 25 heavy (non-hydrogen) atoms. The highest BCUT2D eigenvalue weighted by Gasteiger charge is 2.27. The summed E-state index contributed by atoms with van der Waals surface area (Å²) in [6.45, 7) is 0.880. The number of nitrogens with zero attached hydrogens (tertiary/aromatic N) is 2. The number of hydrogen-bond acceptors (Lipinski definition) is 6. The third-order valence-electron chi connectivity index (χ3n) is 4.06. The third kappa shape index (κ3) is 4.07. The highest BCUT2D eigenvalue weighted by molar-refractivity contribution is 5.46. The molecule has 2 aromatic carbocycles.